The Labute approximate surface area is 176 Å². The van der Waals surface area contributed by atoms with Crippen LogP contribution in [0.3, 0.4) is 0 Å². The zero-order valence-corrected chi connectivity index (χ0v) is 16.6. The Balaban J connectivity index is 1.32. The van der Waals surface area contributed by atoms with E-state index in [1.807, 2.05) is 4.90 Å². The van der Waals surface area contributed by atoms with Crippen molar-refractivity contribution in [1.29, 1.82) is 0 Å². The highest BCUT2D eigenvalue weighted by Gasteiger charge is 2.33. The number of likely N-dealkylation sites (tertiary alicyclic amines) is 1. The van der Waals surface area contributed by atoms with E-state index < -0.39 is 17.5 Å². The monoisotopic (exact) mass is 427 g/mol. The molecule has 0 atom stereocenters. The fourth-order valence-corrected chi connectivity index (χ4v) is 3.30. The maximum absolute atomic E-state index is 13.6. The molecule has 1 aliphatic heterocycles. The summed E-state index contributed by atoms with van der Waals surface area (Å²) in [4.78, 5) is 30.1. The van der Waals surface area contributed by atoms with Crippen LogP contribution < -0.4 is 10.6 Å². The molecule has 31 heavy (non-hydrogen) atoms. The van der Waals surface area contributed by atoms with Crippen molar-refractivity contribution in [1.82, 2.24) is 20.4 Å². The molecular formula is C21H19F2N5O3. The molecule has 1 aliphatic rings. The van der Waals surface area contributed by atoms with E-state index in [0.717, 1.165) is 6.07 Å². The Hall–Kier alpha value is -3.66. The summed E-state index contributed by atoms with van der Waals surface area (Å²) >= 11 is 0. The second-order valence-corrected chi connectivity index (χ2v) is 7.18. The van der Waals surface area contributed by atoms with Crippen LogP contribution in [0.2, 0.25) is 0 Å². The number of nitrogens with one attached hydrogen (secondary N) is 2. The minimum Gasteiger partial charge on any atom is -0.355 e. The molecular weight excluding hydrogens is 408 g/mol. The van der Waals surface area contributed by atoms with E-state index in [2.05, 4.69) is 20.8 Å². The first-order valence-corrected chi connectivity index (χ1v) is 9.56. The lowest BCUT2D eigenvalue weighted by Crippen LogP contribution is -2.48. The highest BCUT2D eigenvalue weighted by molar-refractivity contribution is 5.95. The van der Waals surface area contributed by atoms with Crippen LogP contribution in [0.5, 0.6) is 0 Å². The van der Waals surface area contributed by atoms with Crippen molar-refractivity contribution in [2.24, 2.45) is 0 Å². The number of nitrogens with zero attached hydrogens (tertiary/aromatic N) is 3. The summed E-state index contributed by atoms with van der Waals surface area (Å²) < 4.78 is 31.9. The number of carbonyl (C=O) groups excluding carboxylic acids is 2. The van der Waals surface area contributed by atoms with Crippen LogP contribution in [0.25, 0.3) is 11.4 Å². The highest BCUT2D eigenvalue weighted by Crippen LogP contribution is 2.28. The normalized spacial score (nSPS) is 14.2. The summed E-state index contributed by atoms with van der Waals surface area (Å²) in [5.74, 6) is -1.35. The van der Waals surface area contributed by atoms with E-state index in [4.69, 9.17) is 4.52 Å². The molecule has 1 aromatic heterocycles. The third-order valence-electron chi connectivity index (χ3n) is 4.93. The van der Waals surface area contributed by atoms with E-state index in [1.165, 1.54) is 6.07 Å². The van der Waals surface area contributed by atoms with Crippen LogP contribution in [-0.4, -0.2) is 53.5 Å². The number of hydrogen-bond acceptors (Lipinski definition) is 6. The zero-order chi connectivity index (χ0) is 22.0. The van der Waals surface area contributed by atoms with Crippen molar-refractivity contribution in [3.63, 3.8) is 0 Å². The van der Waals surface area contributed by atoms with Crippen LogP contribution in [0.15, 0.2) is 47.0 Å². The minimum atomic E-state index is -0.825. The molecule has 0 spiro atoms. The SMILES string of the molecule is CNC(=O)c1cccc(-c2noc(C3CN(CC(=O)Nc4ccc(F)cc4F)C3)n2)c1. The van der Waals surface area contributed by atoms with Gasteiger partial charge in [0.2, 0.25) is 17.6 Å². The van der Waals surface area contributed by atoms with Gasteiger partial charge >= 0.3 is 0 Å². The van der Waals surface area contributed by atoms with Gasteiger partial charge in [-0.1, -0.05) is 17.3 Å². The number of rotatable bonds is 6. The van der Waals surface area contributed by atoms with E-state index >= 15 is 0 Å². The zero-order valence-electron chi connectivity index (χ0n) is 16.6. The molecule has 3 aromatic rings. The smallest absolute Gasteiger partial charge is 0.251 e. The summed E-state index contributed by atoms with van der Waals surface area (Å²) in [6.45, 7) is 1.11. The number of aromatic nitrogens is 2. The summed E-state index contributed by atoms with van der Waals surface area (Å²) in [6, 6.07) is 9.87. The molecule has 0 saturated carbocycles. The van der Waals surface area contributed by atoms with Gasteiger partial charge in [0.1, 0.15) is 11.6 Å². The Morgan fingerprint density at radius 1 is 1.19 bits per heavy atom. The van der Waals surface area contributed by atoms with Gasteiger partial charge < -0.3 is 15.2 Å². The fourth-order valence-electron chi connectivity index (χ4n) is 3.30. The summed E-state index contributed by atoms with van der Waals surface area (Å²) in [6.07, 6.45) is 0. The fraction of sp³-hybridized carbons (Fsp3) is 0.238. The number of hydrogen-bond donors (Lipinski definition) is 2. The van der Waals surface area contributed by atoms with Gasteiger partial charge in [-0.3, -0.25) is 14.5 Å². The average molecular weight is 427 g/mol. The largest absolute Gasteiger partial charge is 0.355 e. The average Bonchev–Trinajstić information content (AvgIpc) is 3.21. The van der Waals surface area contributed by atoms with Gasteiger partial charge in [-0.15, -0.1) is 0 Å². The molecule has 2 amide bonds. The molecule has 4 rings (SSSR count). The predicted octanol–water partition coefficient (Wildman–Crippen LogP) is 2.41. The second-order valence-electron chi connectivity index (χ2n) is 7.18. The van der Waals surface area contributed by atoms with Crippen LogP contribution in [-0.2, 0) is 4.79 Å². The molecule has 0 aliphatic carbocycles. The molecule has 0 unspecified atom stereocenters. The van der Waals surface area contributed by atoms with Gasteiger partial charge in [0.25, 0.3) is 5.91 Å². The third kappa shape index (κ3) is 4.58. The van der Waals surface area contributed by atoms with E-state index in [1.54, 1.807) is 31.3 Å². The van der Waals surface area contributed by atoms with Crippen molar-refractivity contribution in [2.45, 2.75) is 5.92 Å². The minimum absolute atomic E-state index is 0.0290. The molecule has 2 aromatic carbocycles. The molecule has 2 N–H and O–H groups in total. The first kappa shape index (κ1) is 20.6. The number of carbonyl (C=O) groups is 2. The van der Waals surface area contributed by atoms with Gasteiger partial charge in [-0.05, 0) is 24.3 Å². The van der Waals surface area contributed by atoms with E-state index in [-0.39, 0.29) is 24.1 Å². The van der Waals surface area contributed by atoms with Crippen LogP contribution >= 0.6 is 0 Å². The molecule has 1 fully saturated rings. The number of anilines is 1. The molecule has 160 valence electrons. The molecule has 2 heterocycles. The first-order valence-electron chi connectivity index (χ1n) is 9.56. The standard InChI is InChI=1S/C21H19F2N5O3/c1-24-20(30)13-4-2-3-12(7-13)19-26-21(31-27-19)14-9-28(10-14)11-18(29)25-17-6-5-15(22)8-16(17)23/h2-8,14H,9-11H2,1H3,(H,24,30)(H,25,29). The molecule has 0 radical (unpaired) electrons. The summed E-state index contributed by atoms with van der Waals surface area (Å²) in [7, 11) is 1.56. The van der Waals surface area contributed by atoms with E-state index in [9.17, 15) is 18.4 Å². The van der Waals surface area contributed by atoms with Crippen LogP contribution in [0.1, 0.15) is 22.2 Å². The number of halogens is 2. The topological polar surface area (TPSA) is 100 Å². The van der Waals surface area contributed by atoms with Gasteiger partial charge in [0.05, 0.1) is 18.2 Å². The maximum Gasteiger partial charge on any atom is 0.251 e. The maximum atomic E-state index is 13.6. The number of amides is 2. The Bertz CT molecular complexity index is 1130. The molecule has 1 saturated heterocycles. The molecule has 0 bridgehead atoms. The third-order valence-corrected chi connectivity index (χ3v) is 4.93. The van der Waals surface area contributed by atoms with Gasteiger partial charge in [-0.25, -0.2) is 8.78 Å². The van der Waals surface area contributed by atoms with Crippen molar-refractivity contribution in [3.05, 3.63) is 65.6 Å². The predicted molar refractivity (Wildman–Crippen MR) is 107 cm³/mol. The quantitative estimate of drug-likeness (QED) is 0.627. The van der Waals surface area contributed by atoms with Crippen molar-refractivity contribution >= 4 is 17.5 Å². The summed E-state index contributed by atoms with van der Waals surface area (Å²) in [5, 5.41) is 8.98. The second kappa shape index (κ2) is 8.60. The van der Waals surface area contributed by atoms with Crippen LogP contribution in [0.4, 0.5) is 14.5 Å². The first-order chi connectivity index (χ1) is 14.9. The van der Waals surface area contributed by atoms with Crippen molar-refractivity contribution in [3.8, 4) is 11.4 Å². The number of benzene rings is 2. The molecule has 10 heteroatoms. The Morgan fingerprint density at radius 3 is 2.74 bits per heavy atom. The van der Waals surface area contributed by atoms with Gasteiger partial charge in [0.15, 0.2) is 0 Å². The van der Waals surface area contributed by atoms with Crippen molar-refractivity contribution < 1.29 is 22.9 Å². The van der Waals surface area contributed by atoms with Gasteiger partial charge in [-0.2, -0.15) is 4.98 Å². The highest BCUT2D eigenvalue weighted by atomic mass is 19.1. The van der Waals surface area contributed by atoms with Gasteiger partial charge in [0, 0.05) is 37.3 Å². The lowest BCUT2D eigenvalue weighted by molar-refractivity contribution is -0.118. The summed E-state index contributed by atoms with van der Waals surface area (Å²) in [5.41, 5.74) is 1.08. The van der Waals surface area contributed by atoms with Crippen molar-refractivity contribution in [2.75, 3.05) is 32.0 Å². The lowest BCUT2D eigenvalue weighted by Gasteiger charge is -2.36. The lowest BCUT2D eigenvalue weighted by atomic mass is 10.0. The van der Waals surface area contributed by atoms with E-state index in [0.29, 0.717) is 42.0 Å². The molecule has 8 nitrogen and oxygen atoms in total. The van der Waals surface area contributed by atoms with Crippen LogP contribution in [0, 0.1) is 11.6 Å². The Kier molecular flexibility index (Phi) is 5.72. The Morgan fingerprint density at radius 2 is 2.00 bits per heavy atom.